The minimum absolute atomic E-state index is 0.208. The fourth-order valence-electron chi connectivity index (χ4n) is 8.11. The van der Waals surface area contributed by atoms with Crippen molar-refractivity contribution >= 4 is 92.7 Å². The number of carbonyl (C=O) groups excluding carboxylic acids is 4. The van der Waals surface area contributed by atoms with Gasteiger partial charge in [-0.2, -0.15) is 52.7 Å². The Labute approximate surface area is 418 Å². The standard InChI is InChI=1S/C52H30F12N8O4/c53-49(54,55)45(73)65-29-9-1-25(2-10-29)41-33-17-19-35(69-33)42(26-3-11-30(12-4-26)66-46(74)50(56,57)58)37-21-23-39(71-37)44(28-7-15-32(16-8-28)68-48(76)52(62,63)64)40-24-22-38(72-40)43(36-20-18-34(41)70-36)27-5-13-31(14-6-27)67-47(75)51(59,60)61/h1-24,69,72H,(H,65,73)(H,66,74)(H,67,75)(H,68,76). The summed E-state index contributed by atoms with van der Waals surface area (Å²) in [5, 5.41) is 7.15. The van der Waals surface area contributed by atoms with Gasteiger partial charge in [0.25, 0.3) is 0 Å². The maximum Gasteiger partial charge on any atom is 0.471 e. The lowest BCUT2D eigenvalue weighted by molar-refractivity contribution is -0.167. The van der Waals surface area contributed by atoms with Crippen molar-refractivity contribution in [3.8, 4) is 44.5 Å². The van der Waals surface area contributed by atoms with Crippen molar-refractivity contribution in [3.05, 3.63) is 144 Å². The van der Waals surface area contributed by atoms with E-state index in [1.54, 1.807) is 69.8 Å². The molecular weight excluding hydrogens is 1030 g/mol. The van der Waals surface area contributed by atoms with Gasteiger partial charge in [0.2, 0.25) is 0 Å². The van der Waals surface area contributed by atoms with E-state index in [0.29, 0.717) is 66.6 Å². The molecule has 0 atom stereocenters. The highest BCUT2D eigenvalue weighted by Gasteiger charge is 2.41. The van der Waals surface area contributed by atoms with Crippen LogP contribution in [0.3, 0.4) is 0 Å². The Kier molecular flexibility index (Phi) is 13.1. The van der Waals surface area contributed by atoms with Gasteiger partial charge < -0.3 is 31.2 Å². The predicted molar refractivity (Wildman–Crippen MR) is 259 cm³/mol. The van der Waals surface area contributed by atoms with E-state index in [2.05, 4.69) is 9.97 Å². The highest BCUT2D eigenvalue weighted by molar-refractivity contribution is 6.02. The van der Waals surface area contributed by atoms with Gasteiger partial charge in [0, 0.05) is 67.1 Å². The van der Waals surface area contributed by atoms with Crippen LogP contribution in [0.25, 0.3) is 90.9 Å². The number of amides is 4. The fourth-order valence-corrected chi connectivity index (χ4v) is 8.11. The molecule has 4 amide bonds. The smallest absolute Gasteiger partial charge is 0.354 e. The number of aromatic amines is 2. The van der Waals surface area contributed by atoms with Crippen molar-refractivity contribution < 1.29 is 71.9 Å². The van der Waals surface area contributed by atoms with Crippen molar-refractivity contribution in [1.82, 2.24) is 19.9 Å². The van der Waals surface area contributed by atoms with Crippen molar-refractivity contribution in [2.24, 2.45) is 0 Å². The van der Waals surface area contributed by atoms with E-state index in [9.17, 15) is 71.9 Å². The second-order valence-electron chi connectivity index (χ2n) is 16.6. The first kappa shape index (κ1) is 51.4. The molecule has 0 saturated heterocycles. The number of nitrogens with one attached hydrogen (secondary N) is 6. The topological polar surface area (TPSA) is 174 Å². The zero-order valence-electron chi connectivity index (χ0n) is 37.9. The molecular formula is C52H30F12N8O4. The molecule has 0 spiro atoms. The maximum absolute atomic E-state index is 13.2. The highest BCUT2D eigenvalue weighted by atomic mass is 19.4. The zero-order valence-corrected chi connectivity index (χ0v) is 37.9. The number of H-pyrrole nitrogens is 2. The van der Waals surface area contributed by atoms with Gasteiger partial charge in [-0.1, -0.05) is 48.5 Å². The summed E-state index contributed by atoms with van der Waals surface area (Å²) in [6.07, 6.45) is -14.4. The molecule has 3 aromatic heterocycles. The molecule has 9 rings (SSSR count). The van der Waals surface area contributed by atoms with Crippen LogP contribution >= 0.6 is 0 Å². The van der Waals surface area contributed by atoms with E-state index in [1.165, 1.54) is 97.1 Å². The molecule has 2 aliphatic heterocycles. The summed E-state index contributed by atoms with van der Waals surface area (Å²) in [6, 6.07) is 27.7. The van der Waals surface area contributed by atoms with Gasteiger partial charge >= 0.3 is 48.3 Å². The second-order valence-corrected chi connectivity index (χ2v) is 16.6. The summed E-state index contributed by atoms with van der Waals surface area (Å²) < 4.78 is 158. The lowest BCUT2D eigenvalue weighted by atomic mass is 10.0. The minimum Gasteiger partial charge on any atom is -0.354 e. The number of anilines is 4. The summed E-state index contributed by atoms with van der Waals surface area (Å²) in [7, 11) is 0. The number of benzene rings is 4. The Bertz CT molecular complexity index is 3230. The van der Waals surface area contributed by atoms with Crippen molar-refractivity contribution in [2.45, 2.75) is 24.7 Å². The quantitative estimate of drug-likeness (QED) is 0.0826. The van der Waals surface area contributed by atoms with Gasteiger partial charge in [-0.05, 0) is 119 Å². The van der Waals surface area contributed by atoms with E-state index >= 15 is 0 Å². The van der Waals surface area contributed by atoms with Crippen molar-refractivity contribution in [2.75, 3.05) is 21.3 Å². The molecule has 0 radical (unpaired) electrons. The average molecular weight is 1060 g/mol. The van der Waals surface area contributed by atoms with Crippen molar-refractivity contribution in [1.29, 1.82) is 0 Å². The molecule has 6 N–H and O–H groups in total. The lowest BCUT2D eigenvalue weighted by Crippen LogP contribution is -2.29. The maximum atomic E-state index is 13.2. The van der Waals surface area contributed by atoms with Gasteiger partial charge in [-0.15, -0.1) is 0 Å². The number of halogens is 12. The summed E-state index contributed by atoms with van der Waals surface area (Å²) in [5.74, 6) is -8.89. The van der Waals surface area contributed by atoms with Crippen LogP contribution in [0, 0.1) is 0 Å². The third kappa shape index (κ3) is 10.9. The molecule has 12 nitrogen and oxygen atoms in total. The molecule has 5 heterocycles. The number of fused-ring (bicyclic) bond motifs is 8. The minimum atomic E-state index is -5.20. The number of aromatic nitrogens is 4. The Balaban J connectivity index is 1.33. The lowest BCUT2D eigenvalue weighted by Gasteiger charge is -2.10. The first-order valence-electron chi connectivity index (χ1n) is 21.9. The third-order valence-corrected chi connectivity index (χ3v) is 11.5. The molecule has 386 valence electrons. The zero-order chi connectivity index (χ0) is 54.5. The third-order valence-electron chi connectivity index (χ3n) is 11.5. The van der Waals surface area contributed by atoms with Gasteiger partial charge in [0.15, 0.2) is 0 Å². The largest absolute Gasteiger partial charge is 0.471 e. The Hall–Kier alpha value is -9.48. The van der Waals surface area contributed by atoms with Crippen LogP contribution in [-0.4, -0.2) is 68.3 Å². The van der Waals surface area contributed by atoms with Gasteiger partial charge in [-0.25, -0.2) is 9.97 Å². The van der Waals surface area contributed by atoms with E-state index < -0.39 is 48.3 Å². The number of hydrogen-bond donors (Lipinski definition) is 6. The van der Waals surface area contributed by atoms with Gasteiger partial charge in [0.05, 0.1) is 22.8 Å². The average Bonchev–Trinajstić information content (AvgIpc) is 4.23. The molecule has 2 aliphatic rings. The van der Waals surface area contributed by atoms with E-state index in [1.807, 2.05) is 0 Å². The molecule has 0 aliphatic carbocycles. The Morgan fingerprint density at radius 3 is 0.658 bits per heavy atom. The summed E-state index contributed by atoms with van der Waals surface area (Å²) in [6.45, 7) is 0. The first-order chi connectivity index (χ1) is 35.8. The fraction of sp³-hybridized carbons (Fsp3) is 0.0769. The highest BCUT2D eigenvalue weighted by Crippen LogP contribution is 2.40. The molecule has 76 heavy (non-hydrogen) atoms. The van der Waals surface area contributed by atoms with E-state index in [4.69, 9.17) is 9.97 Å². The normalized spacial score (nSPS) is 12.6. The SMILES string of the molecule is O=C(Nc1ccc(-c2c3nc(c(-c4ccc(NC(=O)C(F)(F)F)cc4)c4ccc([nH]4)c(-c4ccc(NC(=O)C(F)(F)F)cc4)c4nc(c(-c5ccc(NC(=O)C(F)(F)F)cc5)c5ccc2[nH]5)C=C4)C=C3)cc1)C(F)(F)F. The predicted octanol–water partition coefficient (Wildman–Crippen LogP) is 13.3. The number of nitrogens with zero attached hydrogens (tertiary/aromatic N) is 2. The van der Waals surface area contributed by atoms with Gasteiger partial charge in [-0.3, -0.25) is 19.2 Å². The Morgan fingerprint density at radius 1 is 0.303 bits per heavy atom. The number of carbonyl (C=O) groups is 4. The van der Waals surface area contributed by atoms with E-state index in [0.717, 1.165) is 0 Å². The van der Waals surface area contributed by atoms with Gasteiger partial charge in [0.1, 0.15) is 0 Å². The molecule has 8 bridgehead atoms. The van der Waals surface area contributed by atoms with Crippen LogP contribution in [-0.2, 0) is 19.2 Å². The van der Waals surface area contributed by atoms with Crippen LogP contribution in [0.2, 0.25) is 0 Å². The molecule has 7 aromatic rings. The first-order valence-corrected chi connectivity index (χ1v) is 21.9. The summed E-state index contributed by atoms with van der Waals surface area (Å²) >= 11 is 0. The monoisotopic (exact) mass is 1060 g/mol. The van der Waals surface area contributed by atoms with Crippen LogP contribution in [0.15, 0.2) is 121 Å². The molecule has 0 fully saturated rings. The van der Waals surface area contributed by atoms with E-state index in [-0.39, 0.29) is 45.5 Å². The van der Waals surface area contributed by atoms with Crippen molar-refractivity contribution in [3.63, 3.8) is 0 Å². The van der Waals surface area contributed by atoms with Crippen LogP contribution < -0.4 is 21.3 Å². The Morgan fingerprint density at radius 2 is 0.487 bits per heavy atom. The summed E-state index contributed by atoms with van der Waals surface area (Å²) in [4.78, 5) is 63.9. The van der Waals surface area contributed by atoms with Crippen LogP contribution in [0.4, 0.5) is 75.4 Å². The molecule has 24 heteroatoms. The van der Waals surface area contributed by atoms with Crippen LogP contribution in [0.5, 0.6) is 0 Å². The number of hydrogen-bond acceptors (Lipinski definition) is 6. The van der Waals surface area contributed by atoms with Crippen LogP contribution in [0.1, 0.15) is 22.8 Å². The summed E-state index contributed by atoms with van der Waals surface area (Å²) in [5.41, 5.74) is 4.18. The number of rotatable bonds is 8. The molecule has 0 saturated carbocycles. The number of alkyl halides is 12. The molecule has 0 unspecified atom stereocenters. The second kappa shape index (κ2) is 19.4. The molecule has 4 aromatic carbocycles.